The van der Waals surface area contributed by atoms with Crippen LogP contribution in [0.15, 0.2) is 47.4 Å². The van der Waals surface area contributed by atoms with Gasteiger partial charge in [-0.3, -0.25) is 14.9 Å². The Bertz CT molecular complexity index is 1100. The summed E-state index contributed by atoms with van der Waals surface area (Å²) < 4.78 is 27.4. The van der Waals surface area contributed by atoms with Gasteiger partial charge in [-0.2, -0.15) is 4.31 Å². The highest BCUT2D eigenvalue weighted by molar-refractivity contribution is 7.89. The van der Waals surface area contributed by atoms with Crippen molar-refractivity contribution in [2.75, 3.05) is 24.5 Å². The highest BCUT2D eigenvalue weighted by atomic mass is 32.2. The third kappa shape index (κ3) is 3.59. The molecule has 8 nitrogen and oxygen atoms in total. The number of anilines is 1. The van der Waals surface area contributed by atoms with Crippen molar-refractivity contribution in [3.63, 3.8) is 0 Å². The lowest BCUT2D eigenvalue weighted by Crippen LogP contribution is -2.46. The van der Waals surface area contributed by atoms with Crippen molar-refractivity contribution in [3.05, 3.63) is 63.7 Å². The normalized spacial score (nSPS) is 19.5. The minimum absolute atomic E-state index is 0.00309. The smallest absolute Gasteiger partial charge is 0.269 e. The molecule has 2 heterocycles. The van der Waals surface area contributed by atoms with E-state index in [1.807, 2.05) is 25.1 Å². The Morgan fingerprint density at radius 1 is 1.13 bits per heavy atom. The molecule has 2 aliphatic heterocycles. The predicted molar refractivity (Wildman–Crippen MR) is 112 cm³/mol. The molecule has 1 fully saturated rings. The maximum atomic E-state index is 13.2. The number of piperidine rings is 1. The van der Waals surface area contributed by atoms with Gasteiger partial charge in [-0.25, -0.2) is 8.42 Å². The first-order valence-electron chi connectivity index (χ1n) is 9.93. The van der Waals surface area contributed by atoms with Gasteiger partial charge in [-0.15, -0.1) is 0 Å². The number of carbonyl (C=O) groups is 1. The zero-order chi connectivity index (χ0) is 21.5. The van der Waals surface area contributed by atoms with Crippen LogP contribution >= 0.6 is 0 Å². The van der Waals surface area contributed by atoms with Crippen LogP contribution < -0.4 is 4.90 Å². The molecule has 2 aromatic carbocycles. The Balaban J connectivity index is 1.53. The van der Waals surface area contributed by atoms with Crippen LogP contribution in [0, 0.1) is 23.0 Å². The van der Waals surface area contributed by atoms with Crippen molar-refractivity contribution >= 4 is 27.3 Å². The number of sulfonamides is 1. The van der Waals surface area contributed by atoms with E-state index in [9.17, 15) is 23.3 Å². The molecule has 1 saturated heterocycles. The summed E-state index contributed by atoms with van der Waals surface area (Å²) in [5.41, 5.74) is 3.10. The SMILES string of the molecule is Cc1cccc2c1CCN2C(=O)C1CCCN(S(=O)(=O)c2ccc([N+](=O)[O-])cc2)C1. The lowest BCUT2D eigenvalue weighted by atomic mass is 9.98. The first kappa shape index (κ1) is 20.5. The molecule has 1 unspecified atom stereocenters. The van der Waals surface area contributed by atoms with Crippen LogP contribution in [0.3, 0.4) is 0 Å². The molecule has 0 radical (unpaired) electrons. The summed E-state index contributed by atoms with van der Waals surface area (Å²) in [6, 6.07) is 10.8. The average Bonchev–Trinajstić information content (AvgIpc) is 3.19. The fraction of sp³-hybridized carbons (Fsp3) is 0.381. The second-order valence-corrected chi connectivity index (χ2v) is 9.70. The minimum atomic E-state index is -3.82. The number of benzene rings is 2. The fourth-order valence-electron chi connectivity index (χ4n) is 4.31. The van der Waals surface area contributed by atoms with Crippen molar-refractivity contribution in [2.45, 2.75) is 31.1 Å². The Hall–Kier alpha value is -2.78. The highest BCUT2D eigenvalue weighted by Gasteiger charge is 2.37. The molecule has 2 aromatic rings. The predicted octanol–water partition coefficient (Wildman–Crippen LogP) is 2.89. The Morgan fingerprint density at radius 3 is 2.57 bits per heavy atom. The summed E-state index contributed by atoms with van der Waals surface area (Å²) in [5.74, 6) is -0.444. The zero-order valence-electron chi connectivity index (χ0n) is 16.7. The largest absolute Gasteiger partial charge is 0.312 e. The lowest BCUT2D eigenvalue weighted by Gasteiger charge is -2.33. The number of fused-ring (bicyclic) bond motifs is 1. The monoisotopic (exact) mass is 429 g/mol. The van der Waals surface area contributed by atoms with E-state index in [4.69, 9.17) is 0 Å². The van der Waals surface area contributed by atoms with Gasteiger partial charge in [-0.05, 0) is 55.5 Å². The molecule has 0 bridgehead atoms. The number of nitrogens with zero attached hydrogens (tertiary/aromatic N) is 3. The topological polar surface area (TPSA) is 101 Å². The third-order valence-corrected chi connectivity index (χ3v) is 7.83. The molecule has 1 amide bonds. The third-order valence-electron chi connectivity index (χ3n) is 5.95. The zero-order valence-corrected chi connectivity index (χ0v) is 17.5. The molecule has 0 spiro atoms. The average molecular weight is 429 g/mol. The molecule has 158 valence electrons. The van der Waals surface area contributed by atoms with E-state index in [-0.39, 0.29) is 23.0 Å². The van der Waals surface area contributed by atoms with Crippen LogP contribution in [-0.2, 0) is 21.2 Å². The van der Waals surface area contributed by atoms with Crippen molar-refractivity contribution < 1.29 is 18.1 Å². The van der Waals surface area contributed by atoms with Crippen molar-refractivity contribution in [2.24, 2.45) is 5.92 Å². The maximum absolute atomic E-state index is 13.2. The summed E-state index contributed by atoms with van der Waals surface area (Å²) in [4.78, 5) is 25.3. The van der Waals surface area contributed by atoms with Gasteiger partial charge in [0.05, 0.1) is 15.7 Å². The second-order valence-electron chi connectivity index (χ2n) is 7.77. The van der Waals surface area contributed by atoms with E-state index < -0.39 is 20.9 Å². The molecule has 1 atom stereocenters. The van der Waals surface area contributed by atoms with E-state index in [0.29, 0.717) is 25.9 Å². The molecule has 0 aliphatic carbocycles. The number of carbonyl (C=O) groups excluding carboxylic acids is 1. The Morgan fingerprint density at radius 2 is 1.87 bits per heavy atom. The van der Waals surface area contributed by atoms with Crippen LogP contribution in [0.1, 0.15) is 24.0 Å². The number of nitro groups is 1. The number of rotatable bonds is 4. The number of amides is 1. The van der Waals surface area contributed by atoms with Crippen LogP contribution in [-0.4, -0.2) is 43.2 Å². The minimum Gasteiger partial charge on any atom is -0.312 e. The van der Waals surface area contributed by atoms with E-state index in [1.165, 1.54) is 34.1 Å². The standard InChI is InChI=1S/C21H23N3O5S/c1-15-4-2-6-20-19(15)11-13-23(20)21(25)16-5-3-12-22(14-16)30(28,29)18-9-7-17(8-10-18)24(26)27/h2,4,6-10,16H,3,5,11-14H2,1H3. The number of hydrogen-bond donors (Lipinski definition) is 0. The van der Waals surface area contributed by atoms with E-state index >= 15 is 0 Å². The van der Waals surface area contributed by atoms with E-state index in [1.54, 1.807) is 4.90 Å². The molecule has 0 N–H and O–H groups in total. The molecule has 4 rings (SSSR count). The maximum Gasteiger partial charge on any atom is 0.269 e. The molecule has 30 heavy (non-hydrogen) atoms. The van der Waals surface area contributed by atoms with Crippen LogP contribution in [0.25, 0.3) is 0 Å². The van der Waals surface area contributed by atoms with Crippen molar-refractivity contribution in [1.82, 2.24) is 4.31 Å². The van der Waals surface area contributed by atoms with Gasteiger partial charge in [0, 0.05) is 37.5 Å². The summed E-state index contributed by atoms with van der Waals surface area (Å²) in [6.07, 6.45) is 2.05. The van der Waals surface area contributed by atoms with Gasteiger partial charge in [0.2, 0.25) is 15.9 Å². The fourth-order valence-corrected chi connectivity index (χ4v) is 5.83. The van der Waals surface area contributed by atoms with Gasteiger partial charge < -0.3 is 4.90 Å². The van der Waals surface area contributed by atoms with Crippen molar-refractivity contribution in [3.8, 4) is 0 Å². The molecule has 0 saturated carbocycles. The number of hydrogen-bond acceptors (Lipinski definition) is 5. The van der Waals surface area contributed by atoms with E-state index in [2.05, 4.69) is 0 Å². The number of aryl methyl sites for hydroxylation is 1. The molecule has 0 aromatic heterocycles. The first-order chi connectivity index (χ1) is 14.3. The van der Waals surface area contributed by atoms with Gasteiger partial charge >= 0.3 is 0 Å². The van der Waals surface area contributed by atoms with Crippen LogP contribution in [0.5, 0.6) is 0 Å². The molecule has 9 heteroatoms. The Kier molecular flexibility index (Phi) is 5.33. The summed E-state index contributed by atoms with van der Waals surface area (Å²) >= 11 is 0. The summed E-state index contributed by atoms with van der Waals surface area (Å²) in [7, 11) is -3.82. The summed E-state index contributed by atoms with van der Waals surface area (Å²) in [6.45, 7) is 3.10. The van der Waals surface area contributed by atoms with Crippen LogP contribution in [0.4, 0.5) is 11.4 Å². The lowest BCUT2D eigenvalue weighted by molar-refractivity contribution is -0.384. The van der Waals surface area contributed by atoms with Crippen LogP contribution in [0.2, 0.25) is 0 Å². The highest BCUT2D eigenvalue weighted by Crippen LogP contribution is 2.33. The van der Waals surface area contributed by atoms with Gasteiger partial charge in [0.15, 0.2) is 0 Å². The molecule has 2 aliphatic rings. The van der Waals surface area contributed by atoms with E-state index in [0.717, 1.165) is 17.7 Å². The second kappa shape index (κ2) is 7.81. The quantitative estimate of drug-likeness (QED) is 0.549. The first-order valence-corrected chi connectivity index (χ1v) is 11.4. The summed E-state index contributed by atoms with van der Waals surface area (Å²) in [5, 5.41) is 10.8. The molecular weight excluding hydrogens is 406 g/mol. The number of non-ortho nitro benzene ring substituents is 1. The Labute approximate surface area is 175 Å². The molecular formula is C21H23N3O5S. The van der Waals surface area contributed by atoms with Crippen molar-refractivity contribution in [1.29, 1.82) is 0 Å². The van der Waals surface area contributed by atoms with Gasteiger partial charge in [0.1, 0.15) is 0 Å². The van der Waals surface area contributed by atoms with Gasteiger partial charge in [0.25, 0.3) is 5.69 Å². The number of nitro benzene ring substituents is 1. The van der Waals surface area contributed by atoms with Gasteiger partial charge in [-0.1, -0.05) is 12.1 Å².